The van der Waals surface area contributed by atoms with Crippen LogP contribution >= 0.6 is 11.3 Å². The topological polar surface area (TPSA) is 125 Å². The highest BCUT2D eigenvalue weighted by Crippen LogP contribution is 2.30. The third-order valence-electron chi connectivity index (χ3n) is 6.11. The first-order valence-corrected chi connectivity index (χ1v) is 12.5. The highest BCUT2D eigenvalue weighted by molar-refractivity contribution is 7.17. The molecule has 10 nitrogen and oxygen atoms in total. The fraction of sp³-hybridized carbons (Fsp3) is 0.360. The molecule has 4 aromatic rings. The van der Waals surface area contributed by atoms with E-state index in [9.17, 15) is 14.7 Å². The number of hydrogen-bond acceptors (Lipinski definition) is 7. The Morgan fingerprint density at radius 3 is 2.86 bits per heavy atom. The second kappa shape index (κ2) is 9.49. The number of thiophene rings is 1. The Morgan fingerprint density at radius 1 is 1.33 bits per heavy atom. The van der Waals surface area contributed by atoms with Crippen molar-refractivity contribution in [3.63, 3.8) is 0 Å². The molecule has 1 unspecified atom stereocenters. The van der Waals surface area contributed by atoms with Crippen LogP contribution in [-0.2, 0) is 16.1 Å². The summed E-state index contributed by atoms with van der Waals surface area (Å²) in [5.74, 6) is -0.116. The molecule has 1 fully saturated rings. The standard InChI is InChI=1S/C25H28N6O4S/c1-25(2,34)14-31-19-5-4-17(30(3)23(33)15-8-9-35-13-15)10-18(19)28-24(31)29-22(32)21-7-6-20(36-21)16-11-26-27-12-16/h4-7,10-12,15,34H,8-9,13-14H2,1-3H3,(H,26,27)(H,28,29,32). The predicted molar refractivity (Wildman–Crippen MR) is 138 cm³/mol. The van der Waals surface area contributed by atoms with E-state index >= 15 is 0 Å². The highest BCUT2D eigenvalue weighted by atomic mass is 32.1. The second-order valence-electron chi connectivity index (χ2n) is 9.57. The molecule has 36 heavy (non-hydrogen) atoms. The zero-order valence-electron chi connectivity index (χ0n) is 20.3. The number of amides is 2. The van der Waals surface area contributed by atoms with E-state index in [-0.39, 0.29) is 24.3 Å². The number of H-pyrrole nitrogens is 1. The van der Waals surface area contributed by atoms with Crippen molar-refractivity contribution < 1.29 is 19.4 Å². The lowest BCUT2D eigenvalue weighted by atomic mass is 10.1. The third kappa shape index (κ3) is 4.90. The number of nitrogens with zero attached hydrogens (tertiary/aromatic N) is 4. The van der Waals surface area contributed by atoms with Gasteiger partial charge in [-0.25, -0.2) is 4.98 Å². The minimum Gasteiger partial charge on any atom is -0.389 e. The molecule has 0 spiro atoms. The maximum absolute atomic E-state index is 13.1. The van der Waals surface area contributed by atoms with Gasteiger partial charge < -0.3 is 19.3 Å². The van der Waals surface area contributed by atoms with Crippen LogP contribution in [0.4, 0.5) is 11.6 Å². The van der Waals surface area contributed by atoms with E-state index in [4.69, 9.17) is 4.74 Å². The zero-order chi connectivity index (χ0) is 25.4. The Labute approximate surface area is 211 Å². The van der Waals surface area contributed by atoms with E-state index in [2.05, 4.69) is 20.5 Å². The molecule has 11 heteroatoms. The molecule has 0 aliphatic carbocycles. The number of hydrogen-bond donors (Lipinski definition) is 3. The summed E-state index contributed by atoms with van der Waals surface area (Å²) in [6.07, 6.45) is 4.19. The minimum atomic E-state index is -1.04. The lowest BCUT2D eigenvalue weighted by Crippen LogP contribution is -2.33. The number of benzene rings is 1. The molecule has 5 rings (SSSR count). The van der Waals surface area contributed by atoms with Gasteiger partial charge in [-0.15, -0.1) is 11.3 Å². The molecule has 3 N–H and O–H groups in total. The smallest absolute Gasteiger partial charge is 0.268 e. The molecule has 188 valence electrons. The van der Waals surface area contributed by atoms with Gasteiger partial charge in [0.25, 0.3) is 5.91 Å². The first-order valence-electron chi connectivity index (χ1n) is 11.7. The number of rotatable bonds is 7. The summed E-state index contributed by atoms with van der Waals surface area (Å²) in [6, 6.07) is 9.16. The quantitative estimate of drug-likeness (QED) is 0.351. The molecule has 4 heterocycles. The van der Waals surface area contributed by atoms with Crippen LogP contribution in [0.5, 0.6) is 0 Å². The van der Waals surface area contributed by atoms with Gasteiger partial charge in [-0.1, -0.05) is 0 Å². The molecule has 0 bridgehead atoms. The number of nitrogens with one attached hydrogen (secondary N) is 2. The third-order valence-corrected chi connectivity index (χ3v) is 7.24. The molecule has 1 aliphatic heterocycles. The van der Waals surface area contributed by atoms with Gasteiger partial charge >= 0.3 is 0 Å². The SMILES string of the molecule is CN(C(=O)C1CCOC1)c1ccc2c(c1)nc(NC(=O)c1ccc(-c3cn[nH]c3)s1)n2CC(C)(C)O. The molecule has 1 aromatic carbocycles. The molecule has 1 aliphatic rings. The van der Waals surface area contributed by atoms with Gasteiger partial charge in [0.2, 0.25) is 11.9 Å². The second-order valence-corrected chi connectivity index (χ2v) is 10.7. The predicted octanol–water partition coefficient (Wildman–Crippen LogP) is 3.51. The van der Waals surface area contributed by atoms with Crippen molar-refractivity contribution >= 4 is 45.8 Å². The van der Waals surface area contributed by atoms with Gasteiger partial charge in [0.1, 0.15) is 0 Å². The van der Waals surface area contributed by atoms with Crippen molar-refractivity contribution in [2.45, 2.75) is 32.4 Å². The molecule has 1 saturated heterocycles. The van der Waals surface area contributed by atoms with Crippen LogP contribution in [0.25, 0.3) is 21.5 Å². The van der Waals surface area contributed by atoms with Gasteiger partial charge in [0.05, 0.1) is 46.8 Å². The highest BCUT2D eigenvalue weighted by Gasteiger charge is 2.28. The molecule has 2 amide bonds. The molecular weight excluding hydrogens is 480 g/mol. The van der Waals surface area contributed by atoms with Crippen LogP contribution in [0, 0.1) is 5.92 Å². The van der Waals surface area contributed by atoms with Gasteiger partial charge in [0.15, 0.2) is 0 Å². The summed E-state index contributed by atoms with van der Waals surface area (Å²) in [7, 11) is 1.74. The maximum Gasteiger partial charge on any atom is 0.268 e. The Balaban J connectivity index is 1.44. The van der Waals surface area contributed by atoms with Gasteiger partial charge in [-0.3, -0.25) is 20.0 Å². The van der Waals surface area contributed by atoms with Crippen LogP contribution in [-0.4, -0.2) is 62.5 Å². The number of carbonyl (C=O) groups is 2. The molecule has 0 saturated carbocycles. The van der Waals surface area contributed by atoms with Gasteiger partial charge in [-0.2, -0.15) is 5.10 Å². The van der Waals surface area contributed by atoms with E-state index < -0.39 is 5.60 Å². The molecular formula is C25H28N6O4S. The monoisotopic (exact) mass is 508 g/mol. The number of aliphatic hydroxyl groups is 1. The van der Waals surface area contributed by atoms with E-state index in [1.807, 2.05) is 24.3 Å². The van der Waals surface area contributed by atoms with E-state index in [1.165, 1.54) is 11.3 Å². The van der Waals surface area contributed by atoms with Gasteiger partial charge in [0, 0.05) is 36.0 Å². The van der Waals surface area contributed by atoms with Crippen molar-refractivity contribution in [1.29, 1.82) is 0 Å². The summed E-state index contributed by atoms with van der Waals surface area (Å²) in [5, 5.41) is 20.2. The van der Waals surface area contributed by atoms with E-state index in [1.54, 1.807) is 48.8 Å². The van der Waals surface area contributed by atoms with Crippen molar-refractivity contribution in [3.05, 3.63) is 47.6 Å². The number of fused-ring (bicyclic) bond motifs is 1. The van der Waals surface area contributed by atoms with Crippen molar-refractivity contribution in [2.24, 2.45) is 5.92 Å². The van der Waals surface area contributed by atoms with Crippen LogP contribution < -0.4 is 10.2 Å². The zero-order valence-corrected chi connectivity index (χ0v) is 21.1. The van der Waals surface area contributed by atoms with Crippen molar-refractivity contribution in [2.75, 3.05) is 30.5 Å². The summed E-state index contributed by atoms with van der Waals surface area (Å²) in [5.41, 5.74) is 1.92. The fourth-order valence-corrected chi connectivity index (χ4v) is 5.15. The molecule has 1 atom stereocenters. The number of aromatic nitrogens is 4. The normalized spacial score (nSPS) is 15.9. The number of aromatic amines is 1. The summed E-state index contributed by atoms with van der Waals surface area (Å²) in [6.45, 7) is 4.66. The first-order chi connectivity index (χ1) is 17.2. The first kappa shape index (κ1) is 24.2. The Morgan fingerprint density at radius 2 is 2.17 bits per heavy atom. The van der Waals surface area contributed by atoms with Crippen LogP contribution in [0.15, 0.2) is 42.7 Å². The number of ether oxygens (including phenoxy) is 1. The van der Waals surface area contributed by atoms with Crippen LogP contribution in [0.1, 0.15) is 29.9 Å². The van der Waals surface area contributed by atoms with Crippen LogP contribution in [0.3, 0.4) is 0 Å². The number of imidazole rings is 1. The van der Waals surface area contributed by atoms with Crippen molar-refractivity contribution in [3.8, 4) is 10.4 Å². The Bertz CT molecular complexity index is 1400. The average Bonchev–Trinajstić information content (AvgIpc) is 3.64. The van der Waals surface area contributed by atoms with Gasteiger partial charge in [-0.05, 0) is 50.6 Å². The summed E-state index contributed by atoms with van der Waals surface area (Å²) >= 11 is 1.35. The Hall–Kier alpha value is -3.54. The van der Waals surface area contributed by atoms with Crippen molar-refractivity contribution in [1.82, 2.24) is 19.7 Å². The lowest BCUT2D eigenvalue weighted by molar-refractivity contribution is -0.122. The maximum atomic E-state index is 13.1. The van der Waals surface area contributed by atoms with E-state index in [0.29, 0.717) is 41.7 Å². The average molecular weight is 509 g/mol. The lowest BCUT2D eigenvalue weighted by Gasteiger charge is -2.21. The Kier molecular flexibility index (Phi) is 6.37. The number of anilines is 2. The summed E-state index contributed by atoms with van der Waals surface area (Å²) < 4.78 is 7.15. The van der Waals surface area contributed by atoms with E-state index in [0.717, 1.165) is 16.0 Å². The number of carbonyl (C=O) groups excluding carboxylic acids is 2. The minimum absolute atomic E-state index is 0.00224. The molecule has 0 radical (unpaired) electrons. The largest absolute Gasteiger partial charge is 0.389 e. The van der Waals surface area contributed by atoms with Crippen LogP contribution in [0.2, 0.25) is 0 Å². The summed E-state index contributed by atoms with van der Waals surface area (Å²) in [4.78, 5) is 33.7. The fourth-order valence-electron chi connectivity index (χ4n) is 4.26. The molecule has 3 aromatic heterocycles.